The third kappa shape index (κ3) is 2.97. The van der Waals surface area contributed by atoms with E-state index < -0.39 is 11.9 Å². The van der Waals surface area contributed by atoms with E-state index in [1.807, 2.05) is 0 Å². The van der Waals surface area contributed by atoms with Crippen molar-refractivity contribution in [2.24, 2.45) is 0 Å². The van der Waals surface area contributed by atoms with Gasteiger partial charge in [-0.1, -0.05) is 29.3 Å². The van der Waals surface area contributed by atoms with Crippen LogP contribution in [0.1, 0.15) is 17.2 Å². The summed E-state index contributed by atoms with van der Waals surface area (Å²) in [6.45, 7) is 0. The van der Waals surface area contributed by atoms with Gasteiger partial charge in [-0.25, -0.2) is 9.37 Å². The van der Waals surface area contributed by atoms with Crippen molar-refractivity contribution in [2.75, 3.05) is 12.8 Å². The minimum Gasteiger partial charge on any atom is -0.383 e. The van der Waals surface area contributed by atoms with Crippen molar-refractivity contribution in [3.63, 3.8) is 0 Å². The number of anilines is 1. The second-order valence-electron chi connectivity index (χ2n) is 4.02. The lowest BCUT2D eigenvalue weighted by Crippen LogP contribution is -2.20. The van der Waals surface area contributed by atoms with Gasteiger partial charge >= 0.3 is 0 Å². The number of halogens is 3. The third-order valence-electron chi connectivity index (χ3n) is 2.79. The summed E-state index contributed by atoms with van der Waals surface area (Å²) in [6.07, 6.45) is 1.45. The lowest BCUT2D eigenvalue weighted by atomic mass is 9.99. The summed E-state index contributed by atoms with van der Waals surface area (Å²) in [5.41, 5.74) is 6.88. The van der Waals surface area contributed by atoms with Gasteiger partial charge in [-0.05, 0) is 25.2 Å². The average molecular weight is 300 g/mol. The third-order valence-corrected chi connectivity index (χ3v) is 3.23. The largest absolute Gasteiger partial charge is 0.383 e. The van der Waals surface area contributed by atoms with Crippen LogP contribution in [0, 0.1) is 5.82 Å². The molecule has 0 radical (unpaired) electrons. The minimum atomic E-state index is -0.441. The fraction of sp³-hybridized carbons (Fsp3) is 0.154. The van der Waals surface area contributed by atoms with Crippen LogP contribution in [0.5, 0.6) is 0 Å². The van der Waals surface area contributed by atoms with Gasteiger partial charge in [0.1, 0.15) is 11.6 Å². The van der Waals surface area contributed by atoms with Crippen LogP contribution in [-0.4, -0.2) is 12.0 Å². The highest BCUT2D eigenvalue weighted by atomic mass is 35.5. The van der Waals surface area contributed by atoms with Gasteiger partial charge in [-0.15, -0.1) is 0 Å². The monoisotopic (exact) mass is 299 g/mol. The maximum Gasteiger partial charge on any atom is 0.129 e. The Balaban J connectivity index is 2.52. The van der Waals surface area contributed by atoms with Gasteiger partial charge in [0.2, 0.25) is 0 Å². The van der Waals surface area contributed by atoms with Gasteiger partial charge in [0.05, 0.1) is 11.1 Å². The van der Waals surface area contributed by atoms with Crippen LogP contribution < -0.4 is 11.1 Å². The SMILES string of the molecule is CNC(c1ccc(Cl)cc1F)c1cc(Cl)cnc1N. The van der Waals surface area contributed by atoms with Crippen molar-refractivity contribution in [1.29, 1.82) is 0 Å². The molecular formula is C13H12Cl2FN3. The minimum absolute atomic E-state index is 0.304. The van der Waals surface area contributed by atoms with Crippen LogP contribution >= 0.6 is 23.2 Å². The zero-order valence-electron chi connectivity index (χ0n) is 10.1. The first-order chi connectivity index (χ1) is 9.02. The molecule has 1 atom stereocenters. The Hall–Kier alpha value is -1.36. The Kier molecular flexibility index (Phi) is 4.24. The number of aromatic nitrogens is 1. The molecule has 1 unspecified atom stereocenters. The number of rotatable bonds is 3. The first kappa shape index (κ1) is 14.1. The first-order valence-corrected chi connectivity index (χ1v) is 6.31. The molecule has 19 heavy (non-hydrogen) atoms. The lowest BCUT2D eigenvalue weighted by molar-refractivity contribution is 0.576. The number of nitrogens with zero attached hydrogens (tertiary/aromatic N) is 1. The highest BCUT2D eigenvalue weighted by Crippen LogP contribution is 2.30. The Labute approximate surface area is 120 Å². The van der Waals surface area contributed by atoms with E-state index in [1.165, 1.54) is 12.3 Å². The van der Waals surface area contributed by atoms with E-state index in [0.29, 0.717) is 27.0 Å². The zero-order valence-corrected chi connectivity index (χ0v) is 11.6. The molecule has 2 aromatic rings. The fourth-order valence-electron chi connectivity index (χ4n) is 1.91. The number of hydrogen-bond donors (Lipinski definition) is 2. The van der Waals surface area contributed by atoms with Crippen LogP contribution in [-0.2, 0) is 0 Å². The fourth-order valence-corrected chi connectivity index (χ4v) is 2.24. The number of pyridine rings is 1. The molecule has 6 heteroatoms. The number of nitrogens with one attached hydrogen (secondary N) is 1. The number of nitrogen functional groups attached to an aromatic ring is 1. The van der Waals surface area contributed by atoms with E-state index in [2.05, 4.69) is 10.3 Å². The zero-order chi connectivity index (χ0) is 14.0. The van der Waals surface area contributed by atoms with E-state index in [1.54, 1.807) is 25.2 Å². The van der Waals surface area contributed by atoms with Gasteiger partial charge in [0, 0.05) is 22.3 Å². The normalized spacial score (nSPS) is 12.4. The first-order valence-electron chi connectivity index (χ1n) is 5.56. The molecule has 1 aromatic carbocycles. The Morgan fingerprint density at radius 3 is 2.58 bits per heavy atom. The summed E-state index contributed by atoms with van der Waals surface area (Å²) in [6, 6.07) is 5.72. The Bertz CT molecular complexity index is 604. The van der Waals surface area contributed by atoms with E-state index >= 15 is 0 Å². The summed E-state index contributed by atoms with van der Waals surface area (Å²) >= 11 is 11.7. The highest BCUT2D eigenvalue weighted by molar-refractivity contribution is 6.30. The van der Waals surface area contributed by atoms with Crippen molar-refractivity contribution in [1.82, 2.24) is 10.3 Å². The van der Waals surface area contributed by atoms with Crippen LogP contribution in [0.4, 0.5) is 10.2 Å². The van der Waals surface area contributed by atoms with Gasteiger partial charge in [-0.3, -0.25) is 0 Å². The number of nitrogens with two attached hydrogens (primary N) is 1. The molecule has 0 amide bonds. The number of hydrogen-bond acceptors (Lipinski definition) is 3. The molecule has 0 saturated carbocycles. The van der Waals surface area contributed by atoms with E-state index in [9.17, 15) is 4.39 Å². The second kappa shape index (κ2) is 5.74. The summed E-state index contributed by atoms with van der Waals surface area (Å²) in [5, 5.41) is 3.79. The van der Waals surface area contributed by atoms with Crippen molar-refractivity contribution >= 4 is 29.0 Å². The van der Waals surface area contributed by atoms with Crippen LogP contribution in [0.3, 0.4) is 0 Å². The Morgan fingerprint density at radius 1 is 1.21 bits per heavy atom. The molecular weight excluding hydrogens is 288 g/mol. The second-order valence-corrected chi connectivity index (χ2v) is 4.89. The van der Waals surface area contributed by atoms with Crippen molar-refractivity contribution in [3.8, 4) is 0 Å². The summed E-state index contributed by atoms with van der Waals surface area (Å²) < 4.78 is 14.0. The molecule has 3 nitrogen and oxygen atoms in total. The van der Waals surface area contributed by atoms with Crippen LogP contribution in [0.2, 0.25) is 10.0 Å². The molecule has 0 spiro atoms. The Morgan fingerprint density at radius 2 is 1.95 bits per heavy atom. The molecule has 0 aliphatic heterocycles. The van der Waals surface area contributed by atoms with Crippen LogP contribution in [0.15, 0.2) is 30.5 Å². The van der Waals surface area contributed by atoms with Crippen molar-refractivity contribution in [3.05, 3.63) is 57.5 Å². The molecule has 0 fully saturated rings. The lowest BCUT2D eigenvalue weighted by Gasteiger charge is -2.19. The molecule has 100 valence electrons. The molecule has 1 heterocycles. The molecule has 2 rings (SSSR count). The van der Waals surface area contributed by atoms with Crippen LogP contribution in [0.25, 0.3) is 0 Å². The summed E-state index contributed by atoms with van der Waals surface area (Å²) in [4.78, 5) is 3.98. The van der Waals surface area contributed by atoms with Gasteiger partial charge < -0.3 is 11.1 Å². The maximum absolute atomic E-state index is 14.0. The van der Waals surface area contributed by atoms with E-state index in [-0.39, 0.29) is 0 Å². The van der Waals surface area contributed by atoms with Crippen molar-refractivity contribution in [2.45, 2.75) is 6.04 Å². The molecule has 0 saturated heterocycles. The smallest absolute Gasteiger partial charge is 0.129 e. The maximum atomic E-state index is 14.0. The molecule has 0 aliphatic rings. The predicted octanol–water partition coefficient (Wildman–Crippen LogP) is 3.42. The van der Waals surface area contributed by atoms with Gasteiger partial charge in [-0.2, -0.15) is 0 Å². The van der Waals surface area contributed by atoms with E-state index in [0.717, 1.165) is 0 Å². The van der Waals surface area contributed by atoms with Gasteiger partial charge in [0.15, 0.2) is 0 Å². The molecule has 0 aliphatic carbocycles. The summed E-state index contributed by atoms with van der Waals surface area (Å²) in [7, 11) is 1.71. The number of benzene rings is 1. The van der Waals surface area contributed by atoms with E-state index in [4.69, 9.17) is 28.9 Å². The van der Waals surface area contributed by atoms with Crippen molar-refractivity contribution < 1.29 is 4.39 Å². The highest BCUT2D eigenvalue weighted by Gasteiger charge is 2.19. The summed E-state index contributed by atoms with van der Waals surface area (Å²) in [5.74, 6) is -0.107. The van der Waals surface area contributed by atoms with Gasteiger partial charge in [0.25, 0.3) is 0 Å². The predicted molar refractivity (Wildman–Crippen MR) is 76.0 cm³/mol. The molecule has 3 N–H and O–H groups in total. The standard InChI is InChI=1S/C13H12Cl2FN3/c1-18-12(9-3-2-7(14)5-11(9)16)10-4-8(15)6-19-13(10)17/h2-6,12,18H,1H3,(H2,17,19). The average Bonchev–Trinajstić information content (AvgIpc) is 2.36. The molecule has 1 aromatic heterocycles. The molecule has 0 bridgehead atoms. The quantitative estimate of drug-likeness (QED) is 0.913. The topological polar surface area (TPSA) is 50.9 Å².